The molecular formula is C12H24N2O. The van der Waals surface area contributed by atoms with Gasteiger partial charge in [0.15, 0.2) is 0 Å². The van der Waals surface area contributed by atoms with Crippen LogP contribution in [0.1, 0.15) is 6.92 Å². The molecule has 0 saturated carbocycles. The third kappa shape index (κ3) is 4.33. The van der Waals surface area contributed by atoms with E-state index in [2.05, 4.69) is 23.7 Å². The van der Waals surface area contributed by atoms with Crippen LogP contribution in [0.25, 0.3) is 0 Å². The Kier molecular flexibility index (Phi) is 5.91. The van der Waals surface area contributed by atoms with Gasteiger partial charge in [-0.25, -0.2) is 0 Å². The molecule has 15 heavy (non-hydrogen) atoms. The van der Waals surface area contributed by atoms with Crippen LogP contribution < -0.4 is 5.32 Å². The summed E-state index contributed by atoms with van der Waals surface area (Å²) >= 11 is 0. The summed E-state index contributed by atoms with van der Waals surface area (Å²) in [6.07, 6.45) is 1.97. The lowest BCUT2D eigenvalue weighted by atomic mass is 9.97. The van der Waals surface area contributed by atoms with Gasteiger partial charge in [0.2, 0.25) is 0 Å². The molecule has 1 fully saturated rings. The van der Waals surface area contributed by atoms with Crippen molar-refractivity contribution in [2.75, 3.05) is 46.4 Å². The second-order valence-electron chi connectivity index (χ2n) is 4.44. The molecule has 0 amide bonds. The largest absolute Gasteiger partial charge is 0.383 e. The molecule has 2 atom stereocenters. The first kappa shape index (κ1) is 12.7. The van der Waals surface area contributed by atoms with E-state index in [1.807, 2.05) is 6.08 Å². The molecule has 0 aromatic rings. The summed E-state index contributed by atoms with van der Waals surface area (Å²) in [4.78, 5) is 2.42. The number of hydrogen-bond acceptors (Lipinski definition) is 3. The molecular weight excluding hydrogens is 188 g/mol. The zero-order valence-electron chi connectivity index (χ0n) is 10.0. The van der Waals surface area contributed by atoms with Gasteiger partial charge in [-0.1, -0.05) is 13.0 Å². The first-order valence-electron chi connectivity index (χ1n) is 5.80. The van der Waals surface area contributed by atoms with Crippen molar-refractivity contribution in [2.45, 2.75) is 6.92 Å². The monoisotopic (exact) mass is 212 g/mol. The Morgan fingerprint density at radius 3 is 2.87 bits per heavy atom. The topological polar surface area (TPSA) is 24.5 Å². The van der Waals surface area contributed by atoms with Crippen LogP contribution in [0.4, 0.5) is 0 Å². The van der Waals surface area contributed by atoms with Crippen LogP contribution in [-0.4, -0.2) is 51.3 Å². The molecule has 0 aromatic carbocycles. The van der Waals surface area contributed by atoms with E-state index in [0.717, 1.165) is 51.2 Å². The molecule has 88 valence electrons. The maximum atomic E-state index is 5.12. The summed E-state index contributed by atoms with van der Waals surface area (Å²) in [7, 11) is 1.76. The van der Waals surface area contributed by atoms with Crippen molar-refractivity contribution in [3.05, 3.63) is 12.7 Å². The third-order valence-corrected chi connectivity index (χ3v) is 3.17. The molecule has 0 aliphatic carbocycles. The summed E-state index contributed by atoms with van der Waals surface area (Å²) in [6, 6.07) is 0. The quantitative estimate of drug-likeness (QED) is 0.637. The van der Waals surface area contributed by atoms with Crippen LogP contribution in [0.15, 0.2) is 12.7 Å². The van der Waals surface area contributed by atoms with Crippen molar-refractivity contribution in [1.82, 2.24) is 10.2 Å². The maximum Gasteiger partial charge on any atom is 0.0589 e. The Bertz CT molecular complexity index is 184. The van der Waals surface area contributed by atoms with Crippen LogP contribution in [0.3, 0.4) is 0 Å². The summed E-state index contributed by atoms with van der Waals surface area (Å²) in [5.74, 6) is 1.57. The summed E-state index contributed by atoms with van der Waals surface area (Å²) in [6.45, 7) is 12.4. The summed E-state index contributed by atoms with van der Waals surface area (Å²) < 4.78 is 5.12. The minimum absolute atomic E-state index is 0.779. The Balaban J connectivity index is 2.31. The van der Waals surface area contributed by atoms with Crippen LogP contribution in [-0.2, 0) is 4.74 Å². The number of methoxy groups -OCH3 is 1. The summed E-state index contributed by atoms with van der Waals surface area (Å²) in [5, 5.41) is 3.44. The van der Waals surface area contributed by atoms with Crippen LogP contribution in [0.5, 0.6) is 0 Å². The average molecular weight is 212 g/mol. The number of rotatable bonds is 7. The maximum absolute atomic E-state index is 5.12. The van der Waals surface area contributed by atoms with Crippen LogP contribution >= 0.6 is 0 Å². The zero-order valence-corrected chi connectivity index (χ0v) is 10.0. The molecule has 3 nitrogen and oxygen atoms in total. The lowest BCUT2D eigenvalue weighted by Gasteiger charge is -2.25. The van der Waals surface area contributed by atoms with E-state index < -0.39 is 0 Å². The van der Waals surface area contributed by atoms with Crippen molar-refractivity contribution in [2.24, 2.45) is 11.8 Å². The second kappa shape index (κ2) is 6.99. The van der Waals surface area contributed by atoms with E-state index in [9.17, 15) is 0 Å². The van der Waals surface area contributed by atoms with Crippen molar-refractivity contribution in [1.29, 1.82) is 0 Å². The molecule has 1 heterocycles. The normalized spacial score (nSPS) is 26.1. The van der Waals surface area contributed by atoms with E-state index in [1.165, 1.54) is 0 Å². The molecule has 1 N–H and O–H groups in total. The van der Waals surface area contributed by atoms with E-state index in [4.69, 9.17) is 4.74 Å². The number of nitrogens with zero attached hydrogens (tertiary/aromatic N) is 1. The van der Waals surface area contributed by atoms with Gasteiger partial charge in [-0.2, -0.15) is 0 Å². The molecule has 3 heteroatoms. The van der Waals surface area contributed by atoms with E-state index in [-0.39, 0.29) is 0 Å². The van der Waals surface area contributed by atoms with Gasteiger partial charge in [0.1, 0.15) is 0 Å². The van der Waals surface area contributed by atoms with Gasteiger partial charge in [0, 0.05) is 26.7 Å². The predicted molar refractivity (Wildman–Crippen MR) is 64.0 cm³/mol. The Labute approximate surface area is 93.5 Å². The number of nitrogens with one attached hydrogen (secondary N) is 1. The minimum Gasteiger partial charge on any atom is -0.383 e. The van der Waals surface area contributed by atoms with Gasteiger partial charge in [-0.15, -0.1) is 6.58 Å². The SMILES string of the molecule is C=CCN(CCOC)CC1CNCC1C. The van der Waals surface area contributed by atoms with E-state index in [0.29, 0.717) is 0 Å². The highest BCUT2D eigenvalue weighted by Crippen LogP contribution is 2.16. The van der Waals surface area contributed by atoms with Gasteiger partial charge in [-0.05, 0) is 24.9 Å². The smallest absolute Gasteiger partial charge is 0.0589 e. The predicted octanol–water partition coefficient (Wildman–Crippen LogP) is 0.976. The highest BCUT2D eigenvalue weighted by molar-refractivity contribution is 4.83. The third-order valence-electron chi connectivity index (χ3n) is 3.17. The van der Waals surface area contributed by atoms with Gasteiger partial charge in [-0.3, -0.25) is 4.90 Å². The van der Waals surface area contributed by atoms with Crippen molar-refractivity contribution in [3.8, 4) is 0 Å². The Morgan fingerprint density at radius 1 is 1.53 bits per heavy atom. The first-order chi connectivity index (χ1) is 7.27. The fraction of sp³-hybridized carbons (Fsp3) is 0.833. The molecule has 0 radical (unpaired) electrons. The van der Waals surface area contributed by atoms with Gasteiger partial charge in [0.25, 0.3) is 0 Å². The molecule has 1 aliphatic rings. The van der Waals surface area contributed by atoms with Crippen LogP contribution in [0.2, 0.25) is 0 Å². The van der Waals surface area contributed by atoms with Gasteiger partial charge in [0.05, 0.1) is 6.61 Å². The second-order valence-corrected chi connectivity index (χ2v) is 4.44. The van der Waals surface area contributed by atoms with Gasteiger partial charge < -0.3 is 10.1 Å². The van der Waals surface area contributed by atoms with Crippen molar-refractivity contribution in [3.63, 3.8) is 0 Å². The first-order valence-corrected chi connectivity index (χ1v) is 5.80. The fourth-order valence-electron chi connectivity index (χ4n) is 2.10. The molecule has 0 spiro atoms. The zero-order chi connectivity index (χ0) is 11.1. The average Bonchev–Trinajstić information content (AvgIpc) is 2.61. The molecule has 1 rings (SSSR count). The highest BCUT2D eigenvalue weighted by atomic mass is 16.5. The Hall–Kier alpha value is -0.380. The lowest BCUT2D eigenvalue weighted by Crippen LogP contribution is -2.34. The highest BCUT2D eigenvalue weighted by Gasteiger charge is 2.24. The lowest BCUT2D eigenvalue weighted by molar-refractivity contribution is 0.141. The number of ether oxygens (including phenoxy) is 1. The van der Waals surface area contributed by atoms with Crippen molar-refractivity contribution >= 4 is 0 Å². The minimum atomic E-state index is 0.779. The molecule has 0 bridgehead atoms. The molecule has 1 saturated heterocycles. The fourth-order valence-corrected chi connectivity index (χ4v) is 2.10. The van der Waals surface area contributed by atoms with E-state index >= 15 is 0 Å². The molecule has 1 aliphatic heterocycles. The summed E-state index contributed by atoms with van der Waals surface area (Å²) in [5.41, 5.74) is 0. The standard InChI is InChI=1S/C12H24N2O/c1-4-5-14(6-7-15-3)10-12-9-13-8-11(12)2/h4,11-13H,1,5-10H2,2-3H3. The van der Waals surface area contributed by atoms with Crippen molar-refractivity contribution < 1.29 is 4.74 Å². The van der Waals surface area contributed by atoms with Gasteiger partial charge >= 0.3 is 0 Å². The number of hydrogen-bond donors (Lipinski definition) is 1. The molecule has 2 unspecified atom stereocenters. The van der Waals surface area contributed by atoms with Crippen LogP contribution in [0, 0.1) is 11.8 Å². The van der Waals surface area contributed by atoms with E-state index in [1.54, 1.807) is 7.11 Å². The Morgan fingerprint density at radius 2 is 2.33 bits per heavy atom. The molecule has 0 aromatic heterocycles.